The fraction of sp³-hybridized carbons (Fsp3) is 0.383. The number of fused-ring (bicyclic) bond motifs is 3. The molecule has 6 atom stereocenters. The molecule has 428 valence electrons. The second-order valence-electron chi connectivity index (χ2n) is 22.2. The topological polar surface area (TPSA) is 284 Å². The minimum atomic E-state index is -1.30. The Balaban J connectivity index is 0.000000213. The summed E-state index contributed by atoms with van der Waals surface area (Å²) >= 11 is 0. The molecular formula is C60H68FN13O8. The maximum atomic E-state index is 14.6. The highest BCUT2D eigenvalue weighted by Gasteiger charge is 2.42. The maximum Gasteiger partial charge on any atom is 0.295 e. The van der Waals surface area contributed by atoms with Crippen molar-refractivity contribution in [2.24, 2.45) is 17.6 Å². The Kier molecular flexibility index (Phi) is 18.2. The fourth-order valence-electron chi connectivity index (χ4n) is 11.2. The van der Waals surface area contributed by atoms with E-state index in [-0.39, 0.29) is 65.8 Å². The van der Waals surface area contributed by atoms with Crippen LogP contribution in [0, 0.1) is 17.7 Å². The molecular weight excluding hydrogens is 1050 g/mol. The number of piperazine rings is 1. The molecule has 0 unspecified atom stereocenters. The molecule has 1 saturated carbocycles. The summed E-state index contributed by atoms with van der Waals surface area (Å²) in [6.07, 6.45) is 9.28. The fourth-order valence-corrected chi connectivity index (χ4v) is 11.2. The Morgan fingerprint density at radius 3 is 2.22 bits per heavy atom. The lowest BCUT2D eigenvalue weighted by molar-refractivity contribution is -0.133. The van der Waals surface area contributed by atoms with Gasteiger partial charge in [0.2, 0.25) is 17.7 Å². The van der Waals surface area contributed by atoms with Crippen molar-refractivity contribution in [1.82, 2.24) is 60.6 Å². The molecule has 7 N–H and O–H groups in total. The van der Waals surface area contributed by atoms with E-state index < -0.39 is 71.4 Å². The number of aromatic amines is 1. The van der Waals surface area contributed by atoms with Gasteiger partial charge >= 0.3 is 0 Å². The minimum absolute atomic E-state index is 0.0354. The van der Waals surface area contributed by atoms with Crippen molar-refractivity contribution < 1.29 is 43.1 Å². The van der Waals surface area contributed by atoms with Crippen LogP contribution in [-0.2, 0) is 25.6 Å². The third kappa shape index (κ3) is 14.0. The van der Waals surface area contributed by atoms with Gasteiger partial charge in [-0.05, 0) is 81.7 Å². The van der Waals surface area contributed by atoms with E-state index in [2.05, 4.69) is 46.1 Å². The number of likely N-dealkylation sites (tertiary alicyclic amines) is 1. The van der Waals surface area contributed by atoms with E-state index in [0.717, 1.165) is 42.8 Å². The molecule has 21 nitrogen and oxygen atoms in total. The molecule has 0 spiro atoms. The van der Waals surface area contributed by atoms with Crippen LogP contribution >= 0.6 is 0 Å². The van der Waals surface area contributed by atoms with Crippen LogP contribution in [0.15, 0.2) is 122 Å². The lowest BCUT2D eigenvalue weighted by atomic mass is 9.72. The minimum Gasteiger partial charge on any atom is -0.390 e. The predicted molar refractivity (Wildman–Crippen MR) is 302 cm³/mol. The van der Waals surface area contributed by atoms with Gasteiger partial charge in [-0.3, -0.25) is 38.5 Å². The molecule has 22 heteroatoms. The van der Waals surface area contributed by atoms with Gasteiger partial charge in [0.25, 0.3) is 23.5 Å². The van der Waals surface area contributed by atoms with Crippen LogP contribution < -0.4 is 21.7 Å². The number of carbonyl (C=O) groups excluding carboxylic acids is 7. The molecule has 6 amide bonds. The Morgan fingerprint density at radius 2 is 1.52 bits per heavy atom. The Morgan fingerprint density at radius 1 is 0.841 bits per heavy atom. The first-order chi connectivity index (χ1) is 39.4. The van der Waals surface area contributed by atoms with Gasteiger partial charge in [-0.1, -0.05) is 97.3 Å². The molecule has 0 bridgehead atoms. The smallest absolute Gasteiger partial charge is 0.295 e. The van der Waals surface area contributed by atoms with Crippen LogP contribution in [0.25, 0.3) is 27.6 Å². The highest BCUT2D eigenvalue weighted by atomic mass is 19.1. The summed E-state index contributed by atoms with van der Waals surface area (Å²) < 4.78 is 16.0. The summed E-state index contributed by atoms with van der Waals surface area (Å²) in [7, 11) is 0. The molecule has 4 aromatic heterocycles. The number of ketones is 1. The number of hydrogen-bond acceptors (Lipinski definition) is 13. The Hall–Kier alpha value is -8.76. The highest BCUT2D eigenvalue weighted by molar-refractivity contribution is 6.45. The van der Waals surface area contributed by atoms with Gasteiger partial charge in [0.15, 0.2) is 11.6 Å². The molecule has 6 heterocycles. The SMILES string of the molecule is CC(C)(C)NC(=O)[C@@H]1C[C@@H]2CCCC[C@@H]2CN1C[C@@H](O)[C@H](Cc1ccccc1)NC(=O)[C@H](CC(N)=O)NC(=O)c1ccc2ccccc2n1.O=C(C(=O)N1CCN(C(=O)c2ccccc2)CC1)c1c[nH]c2c(-n3ccnn3)ncc(F)c12. The first-order valence-corrected chi connectivity index (χ1v) is 27.6. The lowest BCUT2D eigenvalue weighted by Crippen LogP contribution is -2.61. The molecule has 2 saturated heterocycles. The van der Waals surface area contributed by atoms with E-state index >= 15 is 0 Å². The van der Waals surface area contributed by atoms with Crippen molar-refractivity contribution in [1.29, 1.82) is 0 Å². The third-order valence-electron chi connectivity index (χ3n) is 15.3. The van der Waals surface area contributed by atoms with Gasteiger partial charge < -0.3 is 41.6 Å². The van der Waals surface area contributed by atoms with Crippen LogP contribution in [-0.4, -0.2) is 160 Å². The summed E-state index contributed by atoms with van der Waals surface area (Å²) in [6.45, 7) is 7.74. The molecule has 3 aromatic carbocycles. The number of nitrogens with zero attached hydrogens (tertiary/aromatic N) is 8. The zero-order chi connectivity index (χ0) is 58.1. The Bertz CT molecular complexity index is 3420. The lowest BCUT2D eigenvalue weighted by Gasteiger charge is -2.47. The second-order valence-corrected chi connectivity index (χ2v) is 22.2. The number of nitrogens with two attached hydrogens (primary N) is 1. The molecule has 7 aromatic rings. The van der Waals surface area contributed by atoms with Gasteiger partial charge in [-0.25, -0.2) is 19.0 Å². The van der Waals surface area contributed by atoms with Crippen LogP contribution in [0.3, 0.4) is 0 Å². The van der Waals surface area contributed by atoms with Crippen LogP contribution in [0.5, 0.6) is 0 Å². The molecule has 82 heavy (non-hydrogen) atoms. The van der Waals surface area contributed by atoms with Gasteiger partial charge in [0.05, 0.1) is 65.2 Å². The third-order valence-corrected chi connectivity index (χ3v) is 15.3. The van der Waals surface area contributed by atoms with Gasteiger partial charge in [-0.15, -0.1) is 5.10 Å². The number of aliphatic hydroxyl groups is 1. The van der Waals surface area contributed by atoms with Crippen LogP contribution in [0.2, 0.25) is 0 Å². The zero-order valence-electron chi connectivity index (χ0n) is 46.0. The normalized spacial score (nSPS) is 18.5. The number of amides is 6. The summed E-state index contributed by atoms with van der Waals surface area (Å²) in [6, 6.07) is 26.5. The van der Waals surface area contributed by atoms with Gasteiger partial charge in [0, 0.05) is 62.0 Å². The summed E-state index contributed by atoms with van der Waals surface area (Å²) in [4.78, 5) is 108. The van der Waals surface area contributed by atoms with E-state index in [0.29, 0.717) is 42.6 Å². The Labute approximate surface area is 473 Å². The largest absolute Gasteiger partial charge is 0.390 e. The summed E-state index contributed by atoms with van der Waals surface area (Å²) in [5, 5.41) is 28.9. The second kappa shape index (κ2) is 25.8. The number of aromatic nitrogens is 6. The van der Waals surface area contributed by atoms with Crippen molar-refractivity contribution in [3.63, 3.8) is 0 Å². The molecule has 3 fully saturated rings. The van der Waals surface area contributed by atoms with Crippen molar-refractivity contribution in [3.8, 4) is 5.82 Å². The number of carbonyl (C=O) groups is 7. The van der Waals surface area contributed by atoms with E-state index in [1.54, 1.807) is 47.4 Å². The van der Waals surface area contributed by atoms with Crippen molar-refractivity contribution in [2.75, 3.05) is 39.3 Å². The number of primary amides is 1. The standard InChI is InChI=1S/C38H50N6O5.C22H18FN7O3/c1-38(2,3)43-37(49)32-20-26-14-7-8-15-27(26)22-44(32)23-33(45)30(19-24-11-5-4-6-12-24)41-36(48)31(21-34(39)46)42-35(47)29-18-17-25-13-9-10-16-28(25)40-29;23-16-13-25-20(30-7-6-26-27-30)18-17(16)15(12-24-18)19(31)22(33)29-10-8-28(9-11-29)21(32)14-4-2-1-3-5-14/h4-6,9-13,16-18,26-27,30-33,45H,7-8,14-15,19-23H2,1-3H3,(H2,39,46)(H,41,48)(H,42,47)(H,43,49);1-7,12-13,24H,8-11H2/t26-,27+,30-,31-,32-,33+;/m0./s1. The van der Waals surface area contributed by atoms with Crippen molar-refractivity contribution >= 4 is 63.0 Å². The van der Waals surface area contributed by atoms with Gasteiger partial charge in [-0.2, -0.15) is 0 Å². The van der Waals surface area contributed by atoms with E-state index in [1.165, 1.54) is 34.6 Å². The molecule has 3 aliphatic rings. The molecule has 2 aliphatic heterocycles. The van der Waals surface area contributed by atoms with Crippen molar-refractivity contribution in [3.05, 3.63) is 150 Å². The molecule has 10 rings (SSSR count). The van der Waals surface area contributed by atoms with Crippen LogP contribution in [0.1, 0.15) is 96.1 Å². The van der Waals surface area contributed by atoms with E-state index in [9.17, 15) is 43.1 Å². The summed E-state index contributed by atoms with van der Waals surface area (Å²) in [5.41, 5.74) is 7.42. The number of Topliss-reactive ketones (excluding diaryl/α,β-unsaturated/α-hetero) is 1. The average molecular weight is 1120 g/mol. The summed E-state index contributed by atoms with van der Waals surface area (Å²) in [5.74, 6) is -3.38. The number of rotatable bonds is 16. The van der Waals surface area contributed by atoms with Gasteiger partial charge in [0.1, 0.15) is 11.7 Å². The first kappa shape index (κ1) is 57.9. The molecule has 1 aliphatic carbocycles. The van der Waals surface area contributed by atoms with Crippen LogP contribution in [0.4, 0.5) is 4.39 Å². The zero-order valence-corrected chi connectivity index (χ0v) is 46.0. The number of β-amino-alcohol motifs (C(OH)–C–C–N with tert-alkyl or cyclic N) is 1. The quantitative estimate of drug-likeness (QED) is 0.0573. The maximum absolute atomic E-state index is 14.6. The predicted octanol–water partition coefficient (Wildman–Crippen LogP) is 4.54. The highest BCUT2D eigenvalue weighted by Crippen LogP contribution is 2.39. The number of para-hydroxylation sites is 1. The molecule has 0 radical (unpaired) electrons. The number of benzene rings is 3. The number of nitrogens with one attached hydrogen (secondary N) is 4. The van der Waals surface area contributed by atoms with E-state index in [1.807, 2.05) is 75.4 Å². The number of halogens is 1. The average Bonchev–Trinajstić information content (AvgIpc) is 4.21. The number of pyridine rings is 2. The number of aliphatic hydroxyl groups excluding tert-OH is 1. The monoisotopic (exact) mass is 1120 g/mol. The number of piperidine rings is 1. The van der Waals surface area contributed by atoms with Crippen molar-refractivity contribution in [2.45, 2.75) is 95.5 Å². The first-order valence-electron chi connectivity index (χ1n) is 27.6. The number of H-pyrrole nitrogens is 1. The number of hydrogen-bond donors (Lipinski definition) is 6. The van der Waals surface area contributed by atoms with E-state index in [4.69, 9.17) is 5.73 Å².